The fraction of sp³-hybridized carbons (Fsp3) is 0.143. The molecule has 8 heteroatoms. The van der Waals surface area contributed by atoms with Crippen molar-refractivity contribution in [2.24, 2.45) is 0 Å². The van der Waals surface area contributed by atoms with E-state index < -0.39 is 5.97 Å². The number of carbonyl (C=O) groups is 1. The second-order valence-corrected chi connectivity index (χ2v) is 6.21. The first kappa shape index (κ1) is 16.6. The van der Waals surface area contributed by atoms with Crippen molar-refractivity contribution in [3.63, 3.8) is 0 Å². The van der Waals surface area contributed by atoms with Gasteiger partial charge in [-0.1, -0.05) is 0 Å². The van der Waals surface area contributed by atoms with Crippen LogP contribution in [0.4, 0.5) is 5.69 Å². The van der Waals surface area contributed by atoms with Gasteiger partial charge in [-0.3, -0.25) is 0 Å². The topological polar surface area (TPSA) is 90.3 Å². The highest BCUT2D eigenvalue weighted by Crippen LogP contribution is 2.37. The Morgan fingerprint density at radius 1 is 1.45 bits per heavy atom. The lowest BCUT2D eigenvalue weighted by Gasteiger charge is -2.15. The maximum Gasteiger partial charge on any atom is 0.357 e. The Kier molecular flexibility index (Phi) is 4.97. The molecular formula is C14H11BrIN3O3. The molecule has 1 aromatic carbocycles. The summed E-state index contributed by atoms with van der Waals surface area (Å²) >= 11 is 5.56. The molecule has 2 aromatic rings. The average molecular weight is 476 g/mol. The van der Waals surface area contributed by atoms with Crippen LogP contribution in [0, 0.1) is 14.9 Å². The first-order chi connectivity index (χ1) is 10.5. The number of carbonyl (C=O) groups excluding carboxylic acids is 1. The number of methoxy groups -OCH3 is 2. The van der Waals surface area contributed by atoms with E-state index in [1.165, 1.54) is 25.0 Å². The lowest BCUT2D eigenvalue weighted by molar-refractivity contribution is 0.0593. The van der Waals surface area contributed by atoms with Crippen molar-refractivity contribution in [3.8, 4) is 17.5 Å². The van der Waals surface area contributed by atoms with Crippen molar-refractivity contribution in [1.82, 2.24) is 4.57 Å². The largest absolute Gasteiger partial charge is 0.493 e. The molecule has 6 nitrogen and oxygen atoms in total. The van der Waals surface area contributed by atoms with Crippen molar-refractivity contribution in [3.05, 3.63) is 37.6 Å². The van der Waals surface area contributed by atoms with Gasteiger partial charge in [0, 0.05) is 10.7 Å². The van der Waals surface area contributed by atoms with Gasteiger partial charge >= 0.3 is 5.97 Å². The second kappa shape index (κ2) is 6.58. The van der Waals surface area contributed by atoms with Crippen LogP contribution in [0.2, 0.25) is 0 Å². The Morgan fingerprint density at radius 3 is 2.68 bits per heavy atom. The predicted octanol–water partition coefficient (Wildman–Crippen LogP) is 3.09. The van der Waals surface area contributed by atoms with Gasteiger partial charge in [0.25, 0.3) is 0 Å². The SMILES string of the molecule is COC(=O)c1c(N)c(C#N)cn1-c1c(Br)ccc(I)c1OC. The standard InChI is InChI=1S/C14H11BrIN3O3/c1-21-13-9(16)4-3-8(15)11(13)19-6-7(5-17)10(18)12(19)14(20)22-2/h3-4,6H,18H2,1-2H3. The molecule has 0 unspecified atom stereocenters. The third-order valence-corrected chi connectivity index (χ3v) is 4.51. The van der Waals surface area contributed by atoms with Crippen LogP contribution >= 0.6 is 38.5 Å². The summed E-state index contributed by atoms with van der Waals surface area (Å²) in [7, 11) is 2.79. The first-order valence-electron chi connectivity index (χ1n) is 5.97. The molecule has 1 heterocycles. The van der Waals surface area contributed by atoms with E-state index in [0.717, 1.165) is 3.57 Å². The molecular weight excluding hydrogens is 465 g/mol. The molecule has 0 amide bonds. The van der Waals surface area contributed by atoms with Crippen LogP contribution in [0.5, 0.6) is 5.75 Å². The number of esters is 1. The van der Waals surface area contributed by atoms with Crippen LogP contribution in [0.3, 0.4) is 0 Å². The zero-order valence-electron chi connectivity index (χ0n) is 11.7. The van der Waals surface area contributed by atoms with Gasteiger partial charge in [-0.25, -0.2) is 4.79 Å². The Hall–Kier alpha value is -1.73. The number of ether oxygens (including phenoxy) is 2. The molecule has 1 aromatic heterocycles. The molecule has 0 saturated carbocycles. The minimum atomic E-state index is -0.633. The molecule has 0 atom stereocenters. The molecule has 2 N–H and O–H groups in total. The smallest absolute Gasteiger partial charge is 0.357 e. The molecule has 0 saturated heterocycles. The maximum absolute atomic E-state index is 12.1. The molecule has 0 aliphatic rings. The highest BCUT2D eigenvalue weighted by atomic mass is 127. The minimum Gasteiger partial charge on any atom is -0.493 e. The van der Waals surface area contributed by atoms with E-state index in [1.807, 2.05) is 18.2 Å². The molecule has 2 rings (SSSR count). The Balaban J connectivity index is 2.87. The number of nitrogens with two attached hydrogens (primary N) is 1. The number of nitrogens with zero attached hydrogens (tertiary/aromatic N) is 2. The normalized spacial score (nSPS) is 10.1. The predicted molar refractivity (Wildman–Crippen MR) is 93.2 cm³/mol. The lowest BCUT2D eigenvalue weighted by Crippen LogP contribution is -2.12. The highest BCUT2D eigenvalue weighted by molar-refractivity contribution is 14.1. The Morgan fingerprint density at radius 2 is 2.14 bits per heavy atom. The van der Waals surface area contributed by atoms with Crippen molar-refractivity contribution in [2.75, 3.05) is 20.0 Å². The zero-order chi connectivity index (χ0) is 16.4. The van der Waals surface area contributed by atoms with Crippen LogP contribution in [0.15, 0.2) is 22.8 Å². The first-order valence-corrected chi connectivity index (χ1v) is 7.85. The Labute approximate surface area is 149 Å². The van der Waals surface area contributed by atoms with Crippen LogP contribution in [-0.2, 0) is 4.74 Å². The second-order valence-electron chi connectivity index (χ2n) is 4.19. The van der Waals surface area contributed by atoms with Gasteiger partial charge in [0.05, 0.1) is 29.0 Å². The molecule has 0 fully saturated rings. The summed E-state index contributed by atoms with van der Waals surface area (Å²) in [4.78, 5) is 12.1. The summed E-state index contributed by atoms with van der Waals surface area (Å²) in [5, 5.41) is 9.17. The number of nitrogen functional groups attached to an aromatic ring is 1. The van der Waals surface area contributed by atoms with Gasteiger partial charge in [0.1, 0.15) is 11.8 Å². The number of halogens is 2. The summed E-state index contributed by atoms with van der Waals surface area (Å²) in [6.45, 7) is 0. The average Bonchev–Trinajstić information content (AvgIpc) is 2.84. The summed E-state index contributed by atoms with van der Waals surface area (Å²) in [6.07, 6.45) is 1.49. The van der Waals surface area contributed by atoms with Gasteiger partial charge in [0.15, 0.2) is 11.4 Å². The lowest BCUT2D eigenvalue weighted by atomic mass is 10.2. The number of aromatic nitrogens is 1. The van der Waals surface area contributed by atoms with Crippen LogP contribution in [-0.4, -0.2) is 24.8 Å². The number of hydrogen-bond acceptors (Lipinski definition) is 5. The third kappa shape index (κ3) is 2.66. The van der Waals surface area contributed by atoms with Crippen molar-refractivity contribution >= 4 is 50.2 Å². The Bertz CT molecular complexity index is 796. The molecule has 0 bridgehead atoms. The van der Waals surface area contributed by atoms with Gasteiger partial charge in [-0.15, -0.1) is 0 Å². The fourth-order valence-corrected chi connectivity index (χ4v) is 3.19. The van der Waals surface area contributed by atoms with Gasteiger partial charge in [-0.05, 0) is 50.7 Å². The summed E-state index contributed by atoms with van der Waals surface area (Å²) < 4.78 is 13.2. The van der Waals surface area contributed by atoms with Crippen molar-refractivity contribution in [1.29, 1.82) is 5.26 Å². The van der Waals surface area contributed by atoms with E-state index in [1.54, 1.807) is 0 Å². The summed E-state index contributed by atoms with van der Waals surface area (Å²) in [6, 6.07) is 5.65. The van der Waals surface area contributed by atoms with E-state index in [9.17, 15) is 4.79 Å². The molecule has 0 radical (unpaired) electrons. The van der Waals surface area contributed by atoms with Crippen molar-refractivity contribution < 1.29 is 14.3 Å². The minimum absolute atomic E-state index is 0.0714. The highest BCUT2D eigenvalue weighted by Gasteiger charge is 2.25. The van der Waals surface area contributed by atoms with Crippen LogP contribution in [0.1, 0.15) is 16.1 Å². The molecule has 114 valence electrons. The van der Waals surface area contributed by atoms with Crippen molar-refractivity contribution in [2.45, 2.75) is 0 Å². The van der Waals surface area contributed by atoms with Gasteiger partial charge < -0.3 is 19.8 Å². The number of benzene rings is 1. The molecule has 0 spiro atoms. The van der Waals surface area contributed by atoms with Crippen LogP contribution < -0.4 is 10.5 Å². The quantitative estimate of drug-likeness (QED) is 0.544. The van der Waals surface area contributed by atoms with E-state index in [2.05, 4.69) is 38.5 Å². The zero-order valence-corrected chi connectivity index (χ0v) is 15.4. The van der Waals surface area contributed by atoms with E-state index in [-0.39, 0.29) is 16.9 Å². The summed E-state index contributed by atoms with van der Waals surface area (Å²) in [5.41, 5.74) is 6.82. The number of rotatable bonds is 3. The van der Waals surface area contributed by atoms with E-state index in [0.29, 0.717) is 15.9 Å². The maximum atomic E-state index is 12.1. The van der Waals surface area contributed by atoms with E-state index >= 15 is 0 Å². The number of hydrogen-bond donors (Lipinski definition) is 1. The fourth-order valence-electron chi connectivity index (χ4n) is 2.03. The van der Waals surface area contributed by atoms with Gasteiger partial charge in [-0.2, -0.15) is 5.26 Å². The summed E-state index contributed by atoms with van der Waals surface area (Å²) in [5.74, 6) is -0.0774. The molecule has 0 aliphatic carbocycles. The third-order valence-electron chi connectivity index (χ3n) is 3.02. The van der Waals surface area contributed by atoms with E-state index in [4.69, 9.17) is 20.5 Å². The number of anilines is 1. The van der Waals surface area contributed by atoms with Gasteiger partial charge in [0.2, 0.25) is 0 Å². The molecule has 22 heavy (non-hydrogen) atoms. The van der Waals surface area contributed by atoms with Crippen LogP contribution in [0.25, 0.3) is 5.69 Å². The monoisotopic (exact) mass is 475 g/mol. The molecule has 0 aliphatic heterocycles. The number of nitriles is 1.